The fraction of sp³-hybridized carbons (Fsp3) is 0.500. The molecule has 0 bridgehead atoms. The summed E-state index contributed by atoms with van der Waals surface area (Å²) in [4.78, 5) is 10.7. The Bertz CT molecular complexity index is 398. The molecular weight excluding hydrogens is 239 g/mol. The Kier molecular flexibility index (Phi) is 4.17. The van der Waals surface area contributed by atoms with E-state index in [-0.39, 0.29) is 6.54 Å². The third-order valence-electron chi connectivity index (χ3n) is 2.18. The van der Waals surface area contributed by atoms with Crippen LogP contribution >= 0.6 is 0 Å². The van der Waals surface area contributed by atoms with E-state index in [1.807, 2.05) is 0 Å². The third-order valence-corrected chi connectivity index (χ3v) is 2.18. The van der Waals surface area contributed by atoms with E-state index in [1.165, 1.54) is 11.7 Å². The largest absolute Gasteiger partial charge is 0.478 e. The maximum Gasteiger partial charge on any atom is 0.418 e. The number of ether oxygens (including phenoxy) is 1. The fourth-order valence-electron chi connectivity index (χ4n) is 1.42. The number of hydrogen-bond acceptors (Lipinski definition) is 2. The quantitative estimate of drug-likeness (QED) is 0.816. The number of aromatic nitrogens is 1. The molecule has 0 spiro atoms. The second-order valence-corrected chi connectivity index (χ2v) is 3.47. The van der Waals surface area contributed by atoms with E-state index in [9.17, 15) is 18.0 Å². The molecule has 7 heteroatoms. The smallest absolute Gasteiger partial charge is 0.418 e. The van der Waals surface area contributed by atoms with Crippen molar-refractivity contribution in [3.8, 4) is 0 Å². The first kappa shape index (κ1) is 13.6. The summed E-state index contributed by atoms with van der Waals surface area (Å²) in [6.07, 6.45) is -2.35. The lowest BCUT2D eigenvalue weighted by Gasteiger charge is -2.04. The van der Waals surface area contributed by atoms with Crippen molar-refractivity contribution in [2.24, 2.45) is 0 Å². The Balaban J connectivity index is 2.93. The maximum absolute atomic E-state index is 12.5. The van der Waals surface area contributed by atoms with Gasteiger partial charge in [-0.05, 0) is 6.42 Å². The van der Waals surface area contributed by atoms with E-state index >= 15 is 0 Å². The Labute approximate surface area is 95.6 Å². The Morgan fingerprint density at radius 1 is 1.47 bits per heavy atom. The normalized spacial score (nSPS) is 11.8. The summed E-state index contributed by atoms with van der Waals surface area (Å²) in [6.45, 7) is 0.687. The number of aryl methyl sites for hydroxylation is 1. The number of alkyl halides is 3. The number of hydrogen-bond donors (Lipinski definition) is 1. The van der Waals surface area contributed by atoms with Gasteiger partial charge in [-0.2, -0.15) is 13.2 Å². The van der Waals surface area contributed by atoms with Crippen LogP contribution in [0.5, 0.6) is 0 Å². The number of carboxylic acids is 1. The van der Waals surface area contributed by atoms with Crippen molar-refractivity contribution in [3.63, 3.8) is 0 Å². The van der Waals surface area contributed by atoms with Crippen molar-refractivity contribution < 1.29 is 27.8 Å². The van der Waals surface area contributed by atoms with Crippen LogP contribution in [0.3, 0.4) is 0 Å². The van der Waals surface area contributed by atoms with E-state index in [0.29, 0.717) is 13.0 Å². The van der Waals surface area contributed by atoms with E-state index < -0.39 is 23.3 Å². The molecule has 0 atom stereocenters. The third kappa shape index (κ3) is 3.48. The van der Waals surface area contributed by atoms with Crippen molar-refractivity contribution in [1.29, 1.82) is 0 Å². The Morgan fingerprint density at radius 3 is 2.53 bits per heavy atom. The zero-order chi connectivity index (χ0) is 13.1. The van der Waals surface area contributed by atoms with Gasteiger partial charge >= 0.3 is 12.1 Å². The molecule has 0 aliphatic rings. The lowest BCUT2D eigenvalue weighted by molar-refractivity contribution is -0.138. The standard InChI is InChI=1S/C10H12F3NO3/c1-17-4-2-3-14-5-7(9(15)16)8(6-14)10(11,12)13/h5-6H,2-4H2,1H3,(H,15,16). The second kappa shape index (κ2) is 5.22. The van der Waals surface area contributed by atoms with E-state index in [0.717, 1.165) is 12.4 Å². The predicted octanol–water partition coefficient (Wildman–Crippen LogP) is 2.24. The number of aromatic carboxylic acids is 1. The summed E-state index contributed by atoms with van der Waals surface area (Å²) in [7, 11) is 1.49. The molecule has 0 unspecified atom stereocenters. The minimum absolute atomic E-state index is 0.282. The van der Waals surface area contributed by atoms with Gasteiger partial charge in [-0.25, -0.2) is 4.79 Å². The molecule has 1 rings (SSSR count). The summed E-state index contributed by atoms with van der Waals surface area (Å²) >= 11 is 0. The summed E-state index contributed by atoms with van der Waals surface area (Å²) < 4.78 is 43.5. The van der Waals surface area contributed by atoms with Crippen LogP contribution in [-0.4, -0.2) is 29.4 Å². The minimum atomic E-state index is -4.65. The molecule has 0 amide bonds. The van der Waals surface area contributed by atoms with Crippen molar-refractivity contribution in [2.75, 3.05) is 13.7 Å². The van der Waals surface area contributed by atoms with Gasteiger partial charge in [-0.1, -0.05) is 0 Å². The van der Waals surface area contributed by atoms with Crippen LogP contribution in [0.15, 0.2) is 12.4 Å². The molecule has 0 aromatic carbocycles. The van der Waals surface area contributed by atoms with Crippen LogP contribution in [0.25, 0.3) is 0 Å². The van der Waals surface area contributed by atoms with Crippen LogP contribution in [0.4, 0.5) is 13.2 Å². The SMILES string of the molecule is COCCCn1cc(C(=O)O)c(C(F)(F)F)c1. The highest BCUT2D eigenvalue weighted by Crippen LogP contribution is 2.32. The van der Waals surface area contributed by atoms with Crippen LogP contribution in [-0.2, 0) is 17.5 Å². The van der Waals surface area contributed by atoms with Gasteiger partial charge in [0.25, 0.3) is 0 Å². The number of rotatable bonds is 5. The van der Waals surface area contributed by atoms with Gasteiger partial charge in [-0.15, -0.1) is 0 Å². The Morgan fingerprint density at radius 2 is 2.12 bits per heavy atom. The fourth-order valence-corrected chi connectivity index (χ4v) is 1.42. The number of carbonyl (C=O) groups is 1. The van der Waals surface area contributed by atoms with Crippen molar-refractivity contribution >= 4 is 5.97 Å². The monoisotopic (exact) mass is 251 g/mol. The molecule has 96 valence electrons. The minimum Gasteiger partial charge on any atom is -0.478 e. The molecular formula is C10H12F3NO3. The van der Waals surface area contributed by atoms with Gasteiger partial charge in [0.2, 0.25) is 0 Å². The molecule has 0 aliphatic heterocycles. The zero-order valence-corrected chi connectivity index (χ0v) is 9.12. The van der Waals surface area contributed by atoms with Crippen LogP contribution < -0.4 is 0 Å². The van der Waals surface area contributed by atoms with E-state index in [1.54, 1.807) is 0 Å². The Hall–Kier alpha value is -1.50. The van der Waals surface area contributed by atoms with Crippen molar-refractivity contribution in [1.82, 2.24) is 4.57 Å². The molecule has 1 heterocycles. The van der Waals surface area contributed by atoms with Gasteiger partial charge < -0.3 is 14.4 Å². The molecule has 0 fully saturated rings. The molecule has 1 aromatic heterocycles. The number of methoxy groups -OCH3 is 1. The average molecular weight is 251 g/mol. The molecule has 0 saturated carbocycles. The molecule has 1 N–H and O–H groups in total. The summed E-state index contributed by atoms with van der Waals surface area (Å²) in [5, 5.41) is 8.68. The predicted molar refractivity (Wildman–Crippen MR) is 52.9 cm³/mol. The maximum atomic E-state index is 12.5. The highest BCUT2D eigenvalue weighted by atomic mass is 19.4. The van der Waals surface area contributed by atoms with Crippen LogP contribution in [0, 0.1) is 0 Å². The van der Waals surface area contributed by atoms with Gasteiger partial charge in [-0.3, -0.25) is 0 Å². The van der Waals surface area contributed by atoms with Gasteiger partial charge in [0.1, 0.15) is 0 Å². The first-order valence-corrected chi connectivity index (χ1v) is 4.85. The van der Waals surface area contributed by atoms with Gasteiger partial charge in [0.05, 0.1) is 11.1 Å². The van der Waals surface area contributed by atoms with Gasteiger partial charge in [0.15, 0.2) is 0 Å². The van der Waals surface area contributed by atoms with Crippen LogP contribution in [0.1, 0.15) is 22.3 Å². The molecule has 0 aliphatic carbocycles. The zero-order valence-electron chi connectivity index (χ0n) is 9.12. The number of carboxylic acid groups (broad SMARTS) is 1. The number of halogens is 3. The van der Waals surface area contributed by atoms with Crippen LogP contribution in [0.2, 0.25) is 0 Å². The first-order valence-electron chi connectivity index (χ1n) is 4.85. The molecule has 4 nitrogen and oxygen atoms in total. The lowest BCUT2D eigenvalue weighted by atomic mass is 10.2. The average Bonchev–Trinajstić information content (AvgIpc) is 2.62. The van der Waals surface area contributed by atoms with E-state index in [4.69, 9.17) is 9.84 Å². The summed E-state index contributed by atoms with van der Waals surface area (Å²) in [6, 6.07) is 0. The van der Waals surface area contributed by atoms with E-state index in [2.05, 4.69) is 0 Å². The molecule has 1 aromatic rings. The second-order valence-electron chi connectivity index (χ2n) is 3.47. The highest BCUT2D eigenvalue weighted by Gasteiger charge is 2.36. The number of nitrogens with zero attached hydrogens (tertiary/aromatic N) is 1. The first-order chi connectivity index (χ1) is 7.86. The van der Waals surface area contributed by atoms with Crippen molar-refractivity contribution in [2.45, 2.75) is 19.1 Å². The molecule has 17 heavy (non-hydrogen) atoms. The molecule has 0 radical (unpaired) electrons. The highest BCUT2D eigenvalue weighted by molar-refractivity contribution is 5.89. The topological polar surface area (TPSA) is 51.5 Å². The lowest BCUT2D eigenvalue weighted by Crippen LogP contribution is -2.09. The molecule has 0 saturated heterocycles. The summed E-state index contributed by atoms with van der Waals surface area (Å²) in [5.41, 5.74) is -1.85. The van der Waals surface area contributed by atoms with Crippen molar-refractivity contribution in [3.05, 3.63) is 23.5 Å². The summed E-state index contributed by atoms with van der Waals surface area (Å²) in [5.74, 6) is -1.58. The van der Waals surface area contributed by atoms with Gasteiger partial charge in [0, 0.05) is 32.7 Å².